The fraction of sp³-hybridized carbons (Fsp3) is 0.278. The Bertz CT molecular complexity index is 902. The van der Waals surface area contributed by atoms with Crippen molar-refractivity contribution in [2.45, 2.75) is 18.7 Å². The van der Waals surface area contributed by atoms with E-state index in [2.05, 4.69) is 4.72 Å². The predicted octanol–water partition coefficient (Wildman–Crippen LogP) is 2.69. The Kier molecular flexibility index (Phi) is 6.86. The van der Waals surface area contributed by atoms with Crippen LogP contribution in [0.3, 0.4) is 0 Å². The first-order chi connectivity index (χ1) is 12.7. The monoisotopic (exact) mass is 398 g/mol. The molecular formula is C18H20F2N2O4S. The van der Waals surface area contributed by atoms with Crippen molar-refractivity contribution in [1.82, 2.24) is 4.72 Å². The molecule has 0 fully saturated rings. The zero-order valence-electron chi connectivity index (χ0n) is 14.9. The van der Waals surface area contributed by atoms with Crippen molar-refractivity contribution in [3.8, 4) is 5.75 Å². The number of carbonyl (C=O) groups excluding carboxylic acids is 1. The van der Waals surface area contributed by atoms with Crippen molar-refractivity contribution in [2.75, 3.05) is 24.6 Å². The molecule has 1 amide bonds. The third-order valence-electron chi connectivity index (χ3n) is 3.67. The first kappa shape index (κ1) is 20.8. The van der Waals surface area contributed by atoms with Crippen LogP contribution in [0.4, 0.5) is 14.5 Å². The summed E-state index contributed by atoms with van der Waals surface area (Å²) < 4.78 is 58.7. The minimum Gasteiger partial charge on any atom is -0.494 e. The van der Waals surface area contributed by atoms with Crippen molar-refractivity contribution < 1.29 is 26.7 Å². The van der Waals surface area contributed by atoms with E-state index in [4.69, 9.17) is 4.74 Å². The average molecular weight is 398 g/mol. The van der Waals surface area contributed by atoms with Gasteiger partial charge < -0.3 is 9.64 Å². The Morgan fingerprint density at radius 3 is 2.33 bits per heavy atom. The van der Waals surface area contributed by atoms with Crippen LogP contribution in [-0.2, 0) is 14.8 Å². The third-order valence-corrected chi connectivity index (χ3v) is 5.14. The van der Waals surface area contributed by atoms with Gasteiger partial charge in [0.15, 0.2) is 11.6 Å². The molecule has 0 atom stereocenters. The van der Waals surface area contributed by atoms with Crippen LogP contribution in [0.25, 0.3) is 0 Å². The Hall–Kier alpha value is -2.52. The third kappa shape index (κ3) is 5.48. The first-order valence-corrected chi connectivity index (χ1v) is 9.68. The van der Waals surface area contributed by atoms with Crippen molar-refractivity contribution in [3.63, 3.8) is 0 Å². The lowest BCUT2D eigenvalue weighted by atomic mass is 10.2. The van der Waals surface area contributed by atoms with Gasteiger partial charge >= 0.3 is 0 Å². The largest absolute Gasteiger partial charge is 0.494 e. The molecule has 0 saturated carbocycles. The van der Waals surface area contributed by atoms with Gasteiger partial charge in [-0.15, -0.1) is 0 Å². The Morgan fingerprint density at radius 2 is 1.78 bits per heavy atom. The number of anilines is 1. The summed E-state index contributed by atoms with van der Waals surface area (Å²) in [5, 5.41) is 0. The maximum absolute atomic E-state index is 13.4. The maximum Gasteiger partial charge on any atom is 0.240 e. The Labute approximate surface area is 156 Å². The Morgan fingerprint density at radius 1 is 1.11 bits per heavy atom. The van der Waals surface area contributed by atoms with Crippen LogP contribution < -0.4 is 14.4 Å². The molecule has 0 aromatic heterocycles. The van der Waals surface area contributed by atoms with E-state index in [1.807, 2.05) is 6.92 Å². The molecule has 0 spiro atoms. The number of nitrogens with one attached hydrogen (secondary N) is 1. The molecule has 9 heteroatoms. The van der Waals surface area contributed by atoms with Gasteiger partial charge in [-0.1, -0.05) is 0 Å². The number of amides is 1. The number of nitrogens with zero attached hydrogens (tertiary/aromatic N) is 1. The molecule has 0 aliphatic carbocycles. The number of carbonyl (C=O) groups is 1. The summed E-state index contributed by atoms with van der Waals surface area (Å²) >= 11 is 0. The van der Waals surface area contributed by atoms with Gasteiger partial charge in [0.1, 0.15) is 5.75 Å². The van der Waals surface area contributed by atoms with Crippen LogP contribution >= 0.6 is 0 Å². The molecule has 0 aliphatic heterocycles. The normalized spacial score (nSPS) is 11.3. The SMILES string of the molecule is CCOc1ccc(S(=O)(=O)NCCN(C(C)=O)c2ccc(F)c(F)c2)cc1. The van der Waals surface area contributed by atoms with Gasteiger partial charge in [-0.2, -0.15) is 0 Å². The van der Waals surface area contributed by atoms with Gasteiger partial charge in [-0.25, -0.2) is 21.9 Å². The fourth-order valence-electron chi connectivity index (χ4n) is 2.38. The molecule has 2 rings (SSSR count). The molecule has 2 aromatic carbocycles. The van der Waals surface area contributed by atoms with Crippen molar-refractivity contribution >= 4 is 21.6 Å². The van der Waals surface area contributed by atoms with Gasteiger partial charge in [-0.05, 0) is 43.3 Å². The van der Waals surface area contributed by atoms with Crippen molar-refractivity contribution in [1.29, 1.82) is 0 Å². The molecule has 0 radical (unpaired) electrons. The number of hydrogen-bond acceptors (Lipinski definition) is 4. The lowest BCUT2D eigenvalue weighted by Gasteiger charge is -2.21. The smallest absolute Gasteiger partial charge is 0.240 e. The van der Waals surface area contributed by atoms with Gasteiger partial charge in [-0.3, -0.25) is 4.79 Å². The van der Waals surface area contributed by atoms with Crippen molar-refractivity contribution in [2.24, 2.45) is 0 Å². The second-order valence-electron chi connectivity index (χ2n) is 5.57. The molecule has 6 nitrogen and oxygen atoms in total. The molecule has 1 N–H and O–H groups in total. The summed E-state index contributed by atoms with van der Waals surface area (Å²) in [6, 6.07) is 8.95. The first-order valence-electron chi connectivity index (χ1n) is 8.20. The van der Waals surface area contributed by atoms with Gasteiger partial charge in [0, 0.05) is 31.8 Å². The van der Waals surface area contributed by atoms with Crippen LogP contribution in [0.15, 0.2) is 47.4 Å². The number of benzene rings is 2. The van der Waals surface area contributed by atoms with E-state index < -0.39 is 27.6 Å². The van der Waals surface area contributed by atoms with Gasteiger partial charge in [0.05, 0.1) is 11.5 Å². The highest BCUT2D eigenvalue weighted by atomic mass is 32.2. The average Bonchev–Trinajstić information content (AvgIpc) is 2.62. The highest BCUT2D eigenvalue weighted by Gasteiger charge is 2.17. The van der Waals surface area contributed by atoms with Crippen LogP contribution in [-0.4, -0.2) is 34.0 Å². The lowest BCUT2D eigenvalue weighted by molar-refractivity contribution is -0.116. The summed E-state index contributed by atoms with van der Waals surface area (Å²) in [6.45, 7) is 3.39. The number of hydrogen-bond donors (Lipinski definition) is 1. The van der Waals surface area contributed by atoms with E-state index in [-0.39, 0.29) is 23.7 Å². The highest BCUT2D eigenvalue weighted by molar-refractivity contribution is 7.89. The second-order valence-corrected chi connectivity index (χ2v) is 7.34. The lowest BCUT2D eigenvalue weighted by Crippen LogP contribution is -2.37. The number of sulfonamides is 1. The van der Waals surface area contributed by atoms with E-state index in [1.54, 1.807) is 12.1 Å². The van der Waals surface area contributed by atoms with E-state index in [9.17, 15) is 22.0 Å². The predicted molar refractivity (Wildman–Crippen MR) is 97.2 cm³/mol. The molecule has 0 heterocycles. The van der Waals surface area contributed by atoms with Crippen molar-refractivity contribution in [3.05, 3.63) is 54.1 Å². The molecule has 0 saturated heterocycles. The zero-order chi connectivity index (χ0) is 20.0. The standard InChI is InChI=1S/C18H20F2N2O4S/c1-3-26-15-5-7-16(8-6-15)27(24,25)21-10-11-22(13(2)23)14-4-9-17(19)18(20)12-14/h4-9,12,21H,3,10-11H2,1-2H3. The number of rotatable bonds is 8. The summed E-state index contributed by atoms with van der Waals surface area (Å²) in [4.78, 5) is 13.0. The Balaban J connectivity index is 2.04. The van der Waals surface area contributed by atoms with E-state index in [1.165, 1.54) is 25.1 Å². The van der Waals surface area contributed by atoms with E-state index in [0.29, 0.717) is 12.4 Å². The topological polar surface area (TPSA) is 75.7 Å². The molecule has 2 aromatic rings. The molecule has 0 unspecified atom stereocenters. The number of halogens is 2. The second kappa shape index (κ2) is 8.92. The minimum atomic E-state index is -3.79. The molecule has 0 aliphatic rings. The molecule has 146 valence electrons. The van der Waals surface area contributed by atoms with E-state index >= 15 is 0 Å². The molecule has 0 bridgehead atoms. The fourth-order valence-corrected chi connectivity index (χ4v) is 3.40. The van der Waals surface area contributed by atoms with Crippen LogP contribution in [0.2, 0.25) is 0 Å². The summed E-state index contributed by atoms with van der Waals surface area (Å²) in [6.07, 6.45) is 0. The number of ether oxygens (including phenoxy) is 1. The summed E-state index contributed by atoms with van der Waals surface area (Å²) in [5.41, 5.74) is 0.140. The quantitative estimate of drug-likeness (QED) is 0.742. The minimum absolute atomic E-state index is 0.0450. The molecule has 27 heavy (non-hydrogen) atoms. The highest BCUT2D eigenvalue weighted by Crippen LogP contribution is 2.19. The van der Waals surface area contributed by atoms with Crippen LogP contribution in [0.1, 0.15) is 13.8 Å². The summed E-state index contributed by atoms with van der Waals surface area (Å²) in [7, 11) is -3.79. The zero-order valence-corrected chi connectivity index (χ0v) is 15.7. The van der Waals surface area contributed by atoms with Gasteiger partial charge in [0.25, 0.3) is 0 Å². The van der Waals surface area contributed by atoms with Gasteiger partial charge in [0.2, 0.25) is 15.9 Å². The molecular weight excluding hydrogens is 378 g/mol. The summed E-state index contributed by atoms with van der Waals surface area (Å²) in [5.74, 6) is -1.99. The van der Waals surface area contributed by atoms with Crippen LogP contribution in [0.5, 0.6) is 5.75 Å². The van der Waals surface area contributed by atoms with Crippen LogP contribution in [0, 0.1) is 11.6 Å². The maximum atomic E-state index is 13.4. The van der Waals surface area contributed by atoms with E-state index in [0.717, 1.165) is 17.0 Å².